The Morgan fingerprint density at radius 1 is 1.44 bits per heavy atom. The van der Waals surface area contributed by atoms with Crippen molar-refractivity contribution in [2.24, 2.45) is 0 Å². The van der Waals surface area contributed by atoms with Crippen LogP contribution in [0.3, 0.4) is 0 Å². The Labute approximate surface area is 102 Å². The molecule has 0 aromatic heterocycles. The van der Waals surface area contributed by atoms with E-state index in [1.54, 1.807) is 24.3 Å². The average molecular weight is 244 g/mol. The minimum Gasteiger partial charge on any atom is -0.399 e. The van der Waals surface area contributed by atoms with E-state index in [2.05, 4.69) is 5.32 Å². The fourth-order valence-corrected chi connectivity index (χ4v) is 1.18. The van der Waals surface area contributed by atoms with E-state index in [1.165, 1.54) is 0 Å². The predicted octanol–water partition coefficient (Wildman–Crippen LogP) is 0.982. The number of rotatable bonds is 4. The molecule has 3 N–H and O–H groups in total. The lowest BCUT2D eigenvalue weighted by molar-refractivity contribution is 0.0951. The highest BCUT2D eigenvalue weighted by molar-refractivity contribution is 5.94. The van der Waals surface area contributed by atoms with Gasteiger partial charge in [0.15, 0.2) is 0 Å². The quantitative estimate of drug-likeness (QED) is 0.776. The lowest BCUT2D eigenvalue weighted by atomic mass is 10.2. The van der Waals surface area contributed by atoms with Gasteiger partial charge in [-0.15, -0.1) is 12.4 Å². The molecule has 0 saturated heterocycles. The molecule has 0 fully saturated rings. The number of amides is 1. The first kappa shape index (κ1) is 14.7. The topological polar surface area (TPSA) is 58.4 Å². The van der Waals surface area contributed by atoms with Gasteiger partial charge in [-0.25, -0.2) is 0 Å². The van der Waals surface area contributed by atoms with Crippen molar-refractivity contribution in [2.75, 3.05) is 32.9 Å². The molecule has 1 aromatic rings. The molecule has 0 unspecified atom stereocenters. The number of hydrogen-bond donors (Lipinski definition) is 2. The zero-order chi connectivity index (χ0) is 11.3. The lowest BCUT2D eigenvalue weighted by Crippen LogP contribution is -2.31. The van der Waals surface area contributed by atoms with Crippen LogP contribution in [0.15, 0.2) is 24.3 Å². The molecule has 1 rings (SSSR count). The third-order valence-corrected chi connectivity index (χ3v) is 1.99. The standard InChI is InChI=1S/C11H17N3O.ClH/c1-14(2)7-6-13-11(15)9-4-3-5-10(12)8-9;/h3-5,8H,6-7,12H2,1-2H3,(H,13,15);1H. The molecule has 16 heavy (non-hydrogen) atoms. The molecule has 0 spiro atoms. The largest absolute Gasteiger partial charge is 0.399 e. The second-order valence-electron chi connectivity index (χ2n) is 3.68. The Bertz CT molecular complexity index is 342. The fraction of sp³-hybridized carbons (Fsp3) is 0.364. The maximum atomic E-state index is 11.6. The Morgan fingerprint density at radius 2 is 2.12 bits per heavy atom. The molecule has 0 aliphatic carbocycles. The molecule has 0 saturated carbocycles. The first-order chi connectivity index (χ1) is 7.09. The summed E-state index contributed by atoms with van der Waals surface area (Å²) in [7, 11) is 3.93. The Balaban J connectivity index is 0.00000225. The number of nitrogens with two attached hydrogens (primary N) is 1. The van der Waals surface area contributed by atoms with E-state index >= 15 is 0 Å². The Kier molecular flexibility index (Phi) is 6.53. The highest BCUT2D eigenvalue weighted by Gasteiger charge is 2.04. The van der Waals surface area contributed by atoms with Crippen LogP contribution in [0.5, 0.6) is 0 Å². The van der Waals surface area contributed by atoms with E-state index in [1.807, 2.05) is 19.0 Å². The van der Waals surface area contributed by atoms with E-state index in [4.69, 9.17) is 5.73 Å². The summed E-state index contributed by atoms with van der Waals surface area (Å²) < 4.78 is 0. The number of hydrogen-bond acceptors (Lipinski definition) is 3. The second-order valence-corrected chi connectivity index (χ2v) is 3.68. The summed E-state index contributed by atoms with van der Waals surface area (Å²) >= 11 is 0. The predicted molar refractivity (Wildman–Crippen MR) is 69.0 cm³/mol. The first-order valence-electron chi connectivity index (χ1n) is 4.88. The summed E-state index contributed by atoms with van der Waals surface area (Å²) in [5.41, 5.74) is 6.80. The van der Waals surface area contributed by atoms with Crippen molar-refractivity contribution in [1.29, 1.82) is 0 Å². The van der Waals surface area contributed by atoms with Gasteiger partial charge in [-0.2, -0.15) is 0 Å². The molecule has 0 heterocycles. The summed E-state index contributed by atoms with van der Waals surface area (Å²) in [4.78, 5) is 13.6. The summed E-state index contributed by atoms with van der Waals surface area (Å²) in [5, 5.41) is 2.82. The van der Waals surface area contributed by atoms with Crippen molar-refractivity contribution in [3.05, 3.63) is 29.8 Å². The van der Waals surface area contributed by atoms with E-state index < -0.39 is 0 Å². The Hall–Kier alpha value is -1.26. The maximum absolute atomic E-state index is 11.6. The van der Waals surface area contributed by atoms with Crippen LogP contribution in [0.2, 0.25) is 0 Å². The van der Waals surface area contributed by atoms with Crippen molar-refractivity contribution in [3.8, 4) is 0 Å². The van der Waals surface area contributed by atoms with Crippen LogP contribution in [0, 0.1) is 0 Å². The van der Waals surface area contributed by atoms with Gasteiger partial charge in [0.25, 0.3) is 5.91 Å². The number of benzene rings is 1. The van der Waals surface area contributed by atoms with Gasteiger partial charge in [0, 0.05) is 24.3 Å². The SMILES string of the molecule is CN(C)CCNC(=O)c1cccc(N)c1.Cl. The van der Waals surface area contributed by atoms with Crippen LogP contribution >= 0.6 is 12.4 Å². The van der Waals surface area contributed by atoms with Crippen molar-refractivity contribution in [3.63, 3.8) is 0 Å². The van der Waals surface area contributed by atoms with E-state index in [9.17, 15) is 4.79 Å². The second kappa shape index (κ2) is 7.09. The first-order valence-corrected chi connectivity index (χ1v) is 4.88. The van der Waals surface area contributed by atoms with E-state index in [0.717, 1.165) is 6.54 Å². The molecule has 4 nitrogen and oxygen atoms in total. The highest BCUT2D eigenvalue weighted by Crippen LogP contribution is 2.05. The summed E-state index contributed by atoms with van der Waals surface area (Å²) in [6.07, 6.45) is 0. The fourth-order valence-electron chi connectivity index (χ4n) is 1.18. The van der Waals surface area contributed by atoms with Crippen molar-refractivity contribution < 1.29 is 4.79 Å². The minimum absolute atomic E-state index is 0. The molecule has 0 bridgehead atoms. The number of halogens is 1. The smallest absolute Gasteiger partial charge is 0.251 e. The van der Waals surface area contributed by atoms with Crippen LogP contribution in [0.4, 0.5) is 5.69 Å². The molecule has 0 aliphatic rings. The van der Waals surface area contributed by atoms with Gasteiger partial charge in [-0.3, -0.25) is 4.79 Å². The zero-order valence-electron chi connectivity index (χ0n) is 9.56. The van der Waals surface area contributed by atoms with Gasteiger partial charge in [-0.05, 0) is 32.3 Å². The minimum atomic E-state index is -0.0795. The highest BCUT2D eigenvalue weighted by atomic mass is 35.5. The molecule has 0 aliphatic heterocycles. The van der Waals surface area contributed by atoms with Crippen molar-refractivity contribution in [1.82, 2.24) is 10.2 Å². The molecular formula is C11H18ClN3O. The maximum Gasteiger partial charge on any atom is 0.251 e. The number of nitrogens with one attached hydrogen (secondary N) is 1. The molecular weight excluding hydrogens is 226 g/mol. The van der Waals surface area contributed by atoms with Crippen LogP contribution in [-0.2, 0) is 0 Å². The van der Waals surface area contributed by atoms with Gasteiger partial charge >= 0.3 is 0 Å². The van der Waals surface area contributed by atoms with Crippen LogP contribution in [-0.4, -0.2) is 38.0 Å². The average Bonchev–Trinajstić information content (AvgIpc) is 2.17. The van der Waals surface area contributed by atoms with Crippen LogP contribution in [0.1, 0.15) is 10.4 Å². The molecule has 90 valence electrons. The van der Waals surface area contributed by atoms with Crippen LogP contribution in [0.25, 0.3) is 0 Å². The van der Waals surface area contributed by atoms with E-state index in [-0.39, 0.29) is 18.3 Å². The van der Waals surface area contributed by atoms with Crippen LogP contribution < -0.4 is 11.1 Å². The van der Waals surface area contributed by atoms with Gasteiger partial charge in [0.1, 0.15) is 0 Å². The number of nitrogen functional groups attached to an aromatic ring is 1. The summed E-state index contributed by atoms with van der Waals surface area (Å²) in [5.74, 6) is -0.0795. The number of nitrogens with zero attached hydrogens (tertiary/aromatic N) is 1. The third kappa shape index (κ3) is 5.00. The molecule has 0 radical (unpaired) electrons. The molecule has 1 amide bonds. The zero-order valence-corrected chi connectivity index (χ0v) is 10.4. The normalized spacial score (nSPS) is 9.69. The molecule has 1 aromatic carbocycles. The molecule has 5 heteroatoms. The van der Waals surface area contributed by atoms with Crippen molar-refractivity contribution in [2.45, 2.75) is 0 Å². The number of carbonyl (C=O) groups excluding carboxylic acids is 1. The van der Waals surface area contributed by atoms with Gasteiger partial charge in [0.2, 0.25) is 0 Å². The Morgan fingerprint density at radius 3 is 2.69 bits per heavy atom. The monoisotopic (exact) mass is 243 g/mol. The molecule has 0 atom stereocenters. The number of carbonyl (C=O) groups is 1. The van der Waals surface area contributed by atoms with Gasteiger partial charge < -0.3 is 16.0 Å². The third-order valence-electron chi connectivity index (χ3n) is 1.99. The summed E-state index contributed by atoms with van der Waals surface area (Å²) in [6, 6.07) is 6.96. The van der Waals surface area contributed by atoms with Crippen molar-refractivity contribution >= 4 is 24.0 Å². The summed E-state index contributed by atoms with van der Waals surface area (Å²) in [6.45, 7) is 1.47. The van der Waals surface area contributed by atoms with E-state index in [0.29, 0.717) is 17.8 Å². The number of anilines is 1. The number of likely N-dealkylation sites (N-methyl/N-ethyl adjacent to an activating group) is 1. The van der Waals surface area contributed by atoms with Gasteiger partial charge in [0.05, 0.1) is 0 Å². The lowest BCUT2D eigenvalue weighted by Gasteiger charge is -2.10. The van der Waals surface area contributed by atoms with Gasteiger partial charge in [-0.1, -0.05) is 6.07 Å².